The van der Waals surface area contributed by atoms with Gasteiger partial charge in [-0.15, -0.1) is 0 Å². The third kappa shape index (κ3) is 8.58. The van der Waals surface area contributed by atoms with Gasteiger partial charge in [0, 0.05) is 0 Å². The third-order valence-corrected chi connectivity index (χ3v) is 4.96. The zero-order valence-corrected chi connectivity index (χ0v) is 19.7. The number of aliphatic hydroxyl groups is 1. The van der Waals surface area contributed by atoms with Gasteiger partial charge in [-0.3, -0.25) is 0 Å². The molecule has 2 rings (SSSR count). The molecule has 1 aromatic rings. The smallest absolute Gasteiger partial charge is 0.408 e. The summed E-state index contributed by atoms with van der Waals surface area (Å²) in [4.78, 5) is 41.6. The van der Waals surface area contributed by atoms with Gasteiger partial charge in [-0.05, 0) is 32.3 Å². The molecule has 192 valence electrons. The van der Waals surface area contributed by atoms with Crippen LogP contribution in [0, 0.1) is 0 Å². The second-order valence-electron chi connectivity index (χ2n) is 7.47. The first-order chi connectivity index (χ1) is 16.8. The number of hydrogen-bond donors (Lipinski definition) is 3. The minimum absolute atomic E-state index is 0.0196. The molecule has 2 atom stereocenters. The number of aliphatic hydroxyl groups excluding tert-OH is 1. The van der Waals surface area contributed by atoms with E-state index in [0.29, 0.717) is 6.42 Å². The molecule has 1 aliphatic rings. The number of oxime groups is 1. The van der Waals surface area contributed by atoms with Crippen molar-refractivity contribution in [3.63, 3.8) is 0 Å². The Labute approximate surface area is 203 Å². The Morgan fingerprint density at radius 3 is 2.51 bits per heavy atom. The van der Waals surface area contributed by atoms with Crippen LogP contribution in [-0.4, -0.2) is 67.0 Å². The fraction of sp³-hybridized carbons (Fsp3) is 0.478. The zero-order valence-electron chi connectivity index (χ0n) is 19.7. The average molecular weight is 494 g/mol. The molecule has 1 saturated heterocycles. The van der Waals surface area contributed by atoms with E-state index >= 15 is 0 Å². The van der Waals surface area contributed by atoms with Gasteiger partial charge in [-0.1, -0.05) is 35.5 Å². The summed E-state index contributed by atoms with van der Waals surface area (Å²) in [6.45, 7) is 2.95. The van der Waals surface area contributed by atoms with Gasteiger partial charge in [-0.25, -0.2) is 14.4 Å². The second kappa shape index (κ2) is 13.9. The Bertz CT molecular complexity index is 910. The molecule has 1 heterocycles. The quantitative estimate of drug-likeness (QED) is 0.0772. The van der Waals surface area contributed by atoms with Crippen molar-refractivity contribution < 1.29 is 43.3 Å². The number of nitrogens with two attached hydrogens (primary N) is 1. The fourth-order valence-electron chi connectivity index (χ4n) is 3.09. The maximum absolute atomic E-state index is 12.6. The van der Waals surface area contributed by atoms with Gasteiger partial charge in [0.15, 0.2) is 5.84 Å². The largest absolute Gasteiger partial charge is 0.463 e. The van der Waals surface area contributed by atoms with E-state index in [9.17, 15) is 19.5 Å². The standard InChI is InChI=1S/C23H31N3O9/c1-3-31-19(28)12-18(20(29)32-4-2)35-26-21(24)23(11-10-17(13-27)34-15-23)25-22(30)33-14-16-8-6-5-7-9-16/h5-9,12,17,27H,3-4,10-11,13-15H2,1-2H3,(H2,24,26)(H,25,30)/b18-12+. The van der Waals surface area contributed by atoms with Crippen molar-refractivity contribution >= 4 is 23.9 Å². The molecule has 0 saturated carbocycles. The fourth-order valence-corrected chi connectivity index (χ4v) is 3.09. The minimum atomic E-state index is -1.36. The lowest BCUT2D eigenvalue weighted by molar-refractivity contribution is -0.144. The average Bonchev–Trinajstić information content (AvgIpc) is 2.86. The van der Waals surface area contributed by atoms with Crippen LogP contribution in [0.4, 0.5) is 4.79 Å². The van der Waals surface area contributed by atoms with Crippen LogP contribution in [0.5, 0.6) is 0 Å². The van der Waals surface area contributed by atoms with Gasteiger partial charge in [0.1, 0.15) is 12.1 Å². The number of esters is 2. The highest BCUT2D eigenvalue weighted by atomic mass is 16.7. The van der Waals surface area contributed by atoms with Crippen LogP contribution in [0.3, 0.4) is 0 Å². The summed E-state index contributed by atoms with van der Waals surface area (Å²) >= 11 is 0. The highest BCUT2D eigenvalue weighted by Crippen LogP contribution is 2.24. The lowest BCUT2D eigenvalue weighted by Gasteiger charge is -2.38. The van der Waals surface area contributed by atoms with E-state index in [2.05, 4.69) is 10.5 Å². The maximum Gasteiger partial charge on any atom is 0.408 e. The van der Waals surface area contributed by atoms with Crippen LogP contribution in [0.2, 0.25) is 0 Å². The second-order valence-corrected chi connectivity index (χ2v) is 7.47. The van der Waals surface area contributed by atoms with Crippen molar-refractivity contribution in [1.29, 1.82) is 0 Å². The van der Waals surface area contributed by atoms with E-state index in [-0.39, 0.29) is 45.3 Å². The highest BCUT2D eigenvalue weighted by Gasteiger charge is 2.42. The summed E-state index contributed by atoms with van der Waals surface area (Å²) in [5, 5.41) is 15.8. The predicted molar refractivity (Wildman–Crippen MR) is 123 cm³/mol. The monoisotopic (exact) mass is 493 g/mol. The van der Waals surface area contributed by atoms with Crippen molar-refractivity contribution in [2.24, 2.45) is 10.9 Å². The van der Waals surface area contributed by atoms with Crippen molar-refractivity contribution in [2.45, 2.75) is 44.9 Å². The van der Waals surface area contributed by atoms with Crippen LogP contribution in [-0.2, 0) is 40.0 Å². The summed E-state index contributed by atoms with van der Waals surface area (Å²) in [6.07, 6.45) is 0.123. The lowest BCUT2D eigenvalue weighted by atomic mass is 9.89. The van der Waals surface area contributed by atoms with Crippen molar-refractivity contribution in [1.82, 2.24) is 5.32 Å². The molecule has 1 aliphatic heterocycles. The summed E-state index contributed by atoms with van der Waals surface area (Å²) in [5.41, 5.74) is 5.58. The molecule has 4 N–H and O–H groups in total. The molecule has 0 aliphatic carbocycles. The molecule has 2 unspecified atom stereocenters. The Morgan fingerprint density at radius 1 is 1.20 bits per heavy atom. The van der Waals surface area contributed by atoms with Crippen LogP contribution < -0.4 is 11.1 Å². The third-order valence-electron chi connectivity index (χ3n) is 4.96. The number of carbonyl (C=O) groups is 3. The number of amides is 1. The first-order valence-corrected chi connectivity index (χ1v) is 11.1. The molecule has 1 aromatic carbocycles. The number of ether oxygens (including phenoxy) is 4. The molecule has 35 heavy (non-hydrogen) atoms. The number of rotatable bonds is 11. The number of amidine groups is 1. The number of nitrogens with zero attached hydrogens (tertiary/aromatic N) is 1. The molecule has 1 amide bonds. The summed E-state index contributed by atoms with van der Waals surface area (Å²) in [5.74, 6) is -2.60. The van der Waals surface area contributed by atoms with E-state index < -0.39 is 35.4 Å². The first kappa shape index (κ1) is 27.6. The Balaban J connectivity index is 2.19. The van der Waals surface area contributed by atoms with Crippen molar-refractivity contribution in [3.05, 3.63) is 47.7 Å². The maximum atomic E-state index is 12.6. The van der Waals surface area contributed by atoms with Crippen LogP contribution in [0.15, 0.2) is 47.3 Å². The Kier molecular flexibility index (Phi) is 11.0. The molecular weight excluding hydrogens is 462 g/mol. The summed E-state index contributed by atoms with van der Waals surface area (Å²) in [6, 6.07) is 9.07. The predicted octanol–water partition coefficient (Wildman–Crippen LogP) is 1.12. The highest BCUT2D eigenvalue weighted by molar-refractivity contribution is 5.96. The number of nitrogens with one attached hydrogen (secondary N) is 1. The van der Waals surface area contributed by atoms with Gasteiger partial charge >= 0.3 is 18.0 Å². The first-order valence-electron chi connectivity index (χ1n) is 11.1. The molecule has 1 fully saturated rings. The minimum Gasteiger partial charge on any atom is -0.463 e. The topological polar surface area (TPSA) is 168 Å². The Morgan fingerprint density at radius 2 is 1.91 bits per heavy atom. The van der Waals surface area contributed by atoms with Gasteiger partial charge in [0.25, 0.3) is 0 Å². The molecule has 12 heteroatoms. The normalized spacial score (nSPS) is 20.5. The molecule has 0 radical (unpaired) electrons. The SMILES string of the molecule is CCOC(=O)/C=C(/O/N=C(\N)C1(NC(=O)OCc2ccccc2)CCC(CO)OC1)C(=O)OCC. The number of alkyl carbamates (subject to hydrolysis) is 1. The van der Waals surface area contributed by atoms with E-state index in [4.69, 9.17) is 29.5 Å². The molecule has 0 bridgehead atoms. The summed E-state index contributed by atoms with van der Waals surface area (Å²) in [7, 11) is 0. The number of carbonyl (C=O) groups excluding carboxylic acids is 3. The van der Waals surface area contributed by atoms with Crippen molar-refractivity contribution in [2.75, 3.05) is 26.4 Å². The molecule has 0 aromatic heterocycles. The van der Waals surface area contributed by atoms with E-state index in [0.717, 1.165) is 11.6 Å². The van der Waals surface area contributed by atoms with E-state index in [1.165, 1.54) is 0 Å². The van der Waals surface area contributed by atoms with Gasteiger partial charge < -0.3 is 39.9 Å². The Hall–Kier alpha value is -3.64. The number of benzene rings is 1. The van der Waals surface area contributed by atoms with Gasteiger partial charge in [0.2, 0.25) is 5.76 Å². The van der Waals surface area contributed by atoms with E-state index in [1.54, 1.807) is 26.0 Å². The van der Waals surface area contributed by atoms with Gasteiger partial charge in [0.05, 0.1) is 38.6 Å². The van der Waals surface area contributed by atoms with Crippen LogP contribution >= 0.6 is 0 Å². The molecule has 0 spiro atoms. The number of hydrogen-bond acceptors (Lipinski definition) is 10. The summed E-state index contributed by atoms with van der Waals surface area (Å²) < 4.78 is 20.5. The zero-order chi connectivity index (χ0) is 25.7. The van der Waals surface area contributed by atoms with Crippen molar-refractivity contribution in [3.8, 4) is 0 Å². The lowest BCUT2D eigenvalue weighted by Crippen LogP contribution is -2.63. The molecule has 12 nitrogen and oxygen atoms in total. The van der Waals surface area contributed by atoms with E-state index in [1.807, 2.05) is 18.2 Å². The van der Waals surface area contributed by atoms with Crippen LogP contribution in [0.1, 0.15) is 32.3 Å². The van der Waals surface area contributed by atoms with Crippen LogP contribution in [0.25, 0.3) is 0 Å². The molecular formula is C23H31N3O9. The van der Waals surface area contributed by atoms with Gasteiger partial charge in [-0.2, -0.15) is 0 Å².